The van der Waals surface area contributed by atoms with E-state index in [4.69, 9.17) is 21.1 Å². The van der Waals surface area contributed by atoms with Crippen LogP contribution in [0.5, 0.6) is 0 Å². The fourth-order valence-corrected chi connectivity index (χ4v) is 4.14. The molecule has 3 aromatic rings. The lowest BCUT2D eigenvalue weighted by Gasteiger charge is -2.09. The lowest BCUT2D eigenvalue weighted by molar-refractivity contribution is -0.114. The normalized spacial score (nSPS) is 10.8. The molecule has 1 heterocycles. The first-order valence-electron chi connectivity index (χ1n) is 7.49. The Hall–Kier alpha value is -2.64. The number of nitrogens with one attached hydrogen (secondary N) is 1. The SMILES string of the molecule is COC(=O)c1cc2c(cc1Cl)sc1cc(NC(C)=O)c(C(=O)OC)cc12. The highest BCUT2D eigenvalue weighted by atomic mass is 35.5. The average molecular weight is 392 g/mol. The first-order valence-corrected chi connectivity index (χ1v) is 8.69. The number of hydrogen-bond donors (Lipinski definition) is 1. The van der Waals surface area contributed by atoms with E-state index in [0.29, 0.717) is 5.69 Å². The van der Waals surface area contributed by atoms with Crippen LogP contribution in [-0.4, -0.2) is 32.1 Å². The maximum absolute atomic E-state index is 12.1. The summed E-state index contributed by atoms with van der Waals surface area (Å²) in [5, 5.41) is 4.44. The van der Waals surface area contributed by atoms with Crippen molar-refractivity contribution < 1.29 is 23.9 Å². The Bertz CT molecular complexity index is 1070. The van der Waals surface area contributed by atoms with Gasteiger partial charge in [0.05, 0.1) is 36.1 Å². The van der Waals surface area contributed by atoms with Gasteiger partial charge in [0.15, 0.2) is 0 Å². The predicted molar refractivity (Wildman–Crippen MR) is 101 cm³/mol. The highest BCUT2D eigenvalue weighted by Crippen LogP contribution is 2.39. The van der Waals surface area contributed by atoms with Crippen LogP contribution in [0.15, 0.2) is 24.3 Å². The van der Waals surface area contributed by atoms with Gasteiger partial charge < -0.3 is 14.8 Å². The minimum Gasteiger partial charge on any atom is -0.465 e. The van der Waals surface area contributed by atoms with Gasteiger partial charge in [0, 0.05) is 27.1 Å². The molecule has 0 atom stereocenters. The molecule has 0 aliphatic carbocycles. The number of ether oxygens (including phenoxy) is 2. The third-order valence-electron chi connectivity index (χ3n) is 3.82. The van der Waals surface area contributed by atoms with Crippen molar-refractivity contribution in [1.29, 1.82) is 0 Å². The molecule has 6 nitrogen and oxygen atoms in total. The Balaban J connectivity index is 2.32. The zero-order chi connectivity index (χ0) is 19.0. The van der Waals surface area contributed by atoms with E-state index in [0.717, 1.165) is 20.2 Å². The lowest BCUT2D eigenvalue weighted by atomic mass is 10.1. The molecular formula is C18H14ClNO5S. The second-order valence-corrected chi connectivity index (χ2v) is 6.98. The van der Waals surface area contributed by atoms with E-state index in [9.17, 15) is 14.4 Å². The molecule has 3 rings (SSSR count). The smallest absolute Gasteiger partial charge is 0.339 e. The van der Waals surface area contributed by atoms with Crippen molar-refractivity contribution in [2.24, 2.45) is 0 Å². The van der Waals surface area contributed by atoms with E-state index in [-0.39, 0.29) is 22.1 Å². The fourth-order valence-electron chi connectivity index (χ4n) is 2.68. The standard InChI is InChI=1S/C18H14ClNO5S/c1-8(21)20-14-7-16-10(5-12(14)18(23)25-3)9-4-11(17(22)24-2)13(19)6-15(9)26-16/h4-7H,1-3H3,(H,20,21). The number of amides is 1. The molecule has 0 saturated carbocycles. The molecule has 2 aromatic carbocycles. The summed E-state index contributed by atoms with van der Waals surface area (Å²) >= 11 is 7.62. The summed E-state index contributed by atoms with van der Waals surface area (Å²) in [5.41, 5.74) is 0.832. The van der Waals surface area contributed by atoms with Crippen LogP contribution < -0.4 is 5.32 Å². The van der Waals surface area contributed by atoms with Gasteiger partial charge >= 0.3 is 11.9 Å². The number of halogens is 1. The molecule has 26 heavy (non-hydrogen) atoms. The molecule has 1 amide bonds. The summed E-state index contributed by atoms with van der Waals surface area (Å²) in [5.74, 6) is -1.41. The molecule has 0 aliphatic rings. The summed E-state index contributed by atoms with van der Waals surface area (Å²) in [6.45, 7) is 1.36. The third kappa shape index (κ3) is 3.11. The van der Waals surface area contributed by atoms with Crippen molar-refractivity contribution in [3.05, 3.63) is 40.4 Å². The summed E-state index contributed by atoms with van der Waals surface area (Å²) in [4.78, 5) is 35.5. The third-order valence-corrected chi connectivity index (χ3v) is 5.25. The monoisotopic (exact) mass is 391 g/mol. The van der Waals surface area contributed by atoms with Gasteiger partial charge in [-0.2, -0.15) is 0 Å². The Morgan fingerprint density at radius 2 is 1.46 bits per heavy atom. The van der Waals surface area contributed by atoms with Crippen LogP contribution in [0, 0.1) is 0 Å². The maximum Gasteiger partial charge on any atom is 0.339 e. The van der Waals surface area contributed by atoms with Gasteiger partial charge in [-0.25, -0.2) is 9.59 Å². The number of fused-ring (bicyclic) bond motifs is 3. The van der Waals surface area contributed by atoms with E-state index in [1.54, 1.807) is 24.3 Å². The van der Waals surface area contributed by atoms with Gasteiger partial charge in [-0.05, 0) is 24.3 Å². The highest BCUT2D eigenvalue weighted by molar-refractivity contribution is 7.25. The van der Waals surface area contributed by atoms with E-state index in [1.807, 2.05) is 0 Å². The number of carbonyl (C=O) groups excluding carboxylic acids is 3. The van der Waals surface area contributed by atoms with Crippen molar-refractivity contribution in [3.8, 4) is 0 Å². The van der Waals surface area contributed by atoms with E-state index in [2.05, 4.69) is 5.32 Å². The second kappa shape index (κ2) is 6.93. The Morgan fingerprint density at radius 1 is 0.923 bits per heavy atom. The van der Waals surface area contributed by atoms with Gasteiger partial charge in [-0.15, -0.1) is 11.3 Å². The van der Waals surface area contributed by atoms with Crippen LogP contribution in [0.4, 0.5) is 5.69 Å². The first kappa shape index (κ1) is 18.2. The van der Waals surface area contributed by atoms with Crippen LogP contribution in [0.2, 0.25) is 5.02 Å². The van der Waals surface area contributed by atoms with Gasteiger partial charge in [-0.1, -0.05) is 11.6 Å². The number of rotatable bonds is 3. The number of anilines is 1. The molecule has 8 heteroatoms. The number of benzene rings is 2. The Labute approximate surface area is 157 Å². The minimum absolute atomic E-state index is 0.226. The largest absolute Gasteiger partial charge is 0.465 e. The average Bonchev–Trinajstić information content (AvgIpc) is 2.94. The minimum atomic E-state index is -0.572. The molecule has 0 spiro atoms. The molecule has 0 saturated heterocycles. The van der Waals surface area contributed by atoms with Crippen LogP contribution in [0.3, 0.4) is 0 Å². The van der Waals surface area contributed by atoms with Crippen LogP contribution >= 0.6 is 22.9 Å². The first-order chi connectivity index (χ1) is 12.3. The molecule has 0 fully saturated rings. The van der Waals surface area contributed by atoms with Gasteiger partial charge in [0.25, 0.3) is 0 Å². The Morgan fingerprint density at radius 3 is 2.04 bits per heavy atom. The van der Waals surface area contributed by atoms with Crippen LogP contribution in [0.1, 0.15) is 27.6 Å². The van der Waals surface area contributed by atoms with Crippen molar-refractivity contribution >= 4 is 66.6 Å². The zero-order valence-electron chi connectivity index (χ0n) is 14.1. The quantitative estimate of drug-likeness (QED) is 0.675. The Kier molecular flexibility index (Phi) is 4.84. The summed E-state index contributed by atoms with van der Waals surface area (Å²) in [6.07, 6.45) is 0. The van der Waals surface area contributed by atoms with E-state index < -0.39 is 11.9 Å². The number of carbonyl (C=O) groups is 3. The molecular weight excluding hydrogens is 378 g/mol. The molecule has 1 N–H and O–H groups in total. The molecule has 0 bridgehead atoms. The number of thiophene rings is 1. The maximum atomic E-state index is 12.1. The van der Waals surface area contributed by atoms with E-state index >= 15 is 0 Å². The number of methoxy groups -OCH3 is 2. The van der Waals surface area contributed by atoms with Crippen LogP contribution in [0.25, 0.3) is 20.2 Å². The van der Waals surface area contributed by atoms with Gasteiger partial charge in [-0.3, -0.25) is 4.79 Å². The van der Waals surface area contributed by atoms with Gasteiger partial charge in [0.2, 0.25) is 5.91 Å². The van der Waals surface area contributed by atoms with Crippen molar-refractivity contribution in [2.45, 2.75) is 6.92 Å². The summed E-state index contributed by atoms with van der Waals surface area (Å²) in [6, 6.07) is 6.67. The number of hydrogen-bond acceptors (Lipinski definition) is 6. The molecule has 0 aliphatic heterocycles. The van der Waals surface area contributed by atoms with Crippen LogP contribution in [-0.2, 0) is 14.3 Å². The zero-order valence-corrected chi connectivity index (χ0v) is 15.7. The lowest BCUT2D eigenvalue weighted by Crippen LogP contribution is -2.11. The summed E-state index contributed by atoms with van der Waals surface area (Å²) < 4.78 is 11.2. The van der Waals surface area contributed by atoms with Crippen molar-refractivity contribution in [2.75, 3.05) is 19.5 Å². The number of esters is 2. The topological polar surface area (TPSA) is 81.7 Å². The molecule has 134 valence electrons. The highest BCUT2D eigenvalue weighted by Gasteiger charge is 2.19. The summed E-state index contributed by atoms with van der Waals surface area (Å²) in [7, 11) is 2.55. The predicted octanol–water partition coefficient (Wildman–Crippen LogP) is 4.24. The molecule has 1 aromatic heterocycles. The second-order valence-electron chi connectivity index (χ2n) is 5.49. The van der Waals surface area contributed by atoms with Crippen molar-refractivity contribution in [3.63, 3.8) is 0 Å². The molecule has 0 radical (unpaired) electrons. The van der Waals surface area contributed by atoms with E-state index in [1.165, 1.54) is 32.5 Å². The van der Waals surface area contributed by atoms with Crippen molar-refractivity contribution in [1.82, 2.24) is 0 Å². The molecule has 0 unspecified atom stereocenters. The fraction of sp³-hybridized carbons (Fsp3) is 0.167. The van der Waals surface area contributed by atoms with Gasteiger partial charge in [0.1, 0.15) is 0 Å².